The van der Waals surface area contributed by atoms with Gasteiger partial charge in [-0.25, -0.2) is 13.2 Å². The second kappa shape index (κ2) is 5.05. The van der Waals surface area contributed by atoms with E-state index in [0.29, 0.717) is 6.07 Å². The SMILES string of the molecule is CCC(CC)Nc1cc(F)cc(F)c1F. The van der Waals surface area contributed by atoms with Crippen molar-refractivity contribution in [3.05, 3.63) is 29.6 Å². The van der Waals surface area contributed by atoms with Crippen LogP contribution >= 0.6 is 0 Å². The van der Waals surface area contributed by atoms with Gasteiger partial charge in [-0.05, 0) is 12.8 Å². The van der Waals surface area contributed by atoms with E-state index in [0.717, 1.165) is 18.9 Å². The van der Waals surface area contributed by atoms with E-state index >= 15 is 0 Å². The molecule has 0 aliphatic rings. The average molecular weight is 217 g/mol. The van der Waals surface area contributed by atoms with Crippen LogP contribution in [0, 0.1) is 17.5 Å². The van der Waals surface area contributed by atoms with Crippen LogP contribution in [0.15, 0.2) is 12.1 Å². The lowest BCUT2D eigenvalue weighted by molar-refractivity contribution is 0.495. The van der Waals surface area contributed by atoms with Crippen LogP contribution in [0.2, 0.25) is 0 Å². The van der Waals surface area contributed by atoms with Crippen molar-refractivity contribution < 1.29 is 13.2 Å². The molecule has 0 unspecified atom stereocenters. The fourth-order valence-electron chi connectivity index (χ4n) is 1.37. The van der Waals surface area contributed by atoms with Gasteiger partial charge >= 0.3 is 0 Å². The van der Waals surface area contributed by atoms with Crippen LogP contribution in [0.25, 0.3) is 0 Å². The first-order valence-corrected chi connectivity index (χ1v) is 4.99. The topological polar surface area (TPSA) is 12.0 Å². The first-order chi connectivity index (χ1) is 7.08. The number of benzene rings is 1. The molecule has 0 heterocycles. The van der Waals surface area contributed by atoms with Crippen molar-refractivity contribution in [2.75, 3.05) is 5.32 Å². The molecule has 1 N–H and O–H groups in total. The number of rotatable bonds is 4. The standard InChI is InChI=1S/C11H14F3N/c1-3-8(4-2)15-10-6-7(12)5-9(13)11(10)14/h5-6,8,15H,3-4H2,1-2H3. The van der Waals surface area contributed by atoms with Gasteiger partial charge in [-0.15, -0.1) is 0 Å². The molecule has 0 radical (unpaired) electrons. The maximum atomic E-state index is 13.2. The van der Waals surface area contributed by atoms with Gasteiger partial charge in [0.15, 0.2) is 11.6 Å². The molecule has 0 aromatic heterocycles. The third-order valence-corrected chi connectivity index (χ3v) is 2.34. The molecular weight excluding hydrogens is 203 g/mol. The molecule has 0 fully saturated rings. The minimum Gasteiger partial charge on any atom is -0.380 e. The summed E-state index contributed by atoms with van der Waals surface area (Å²) in [7, 11) is 0. The highest BCUT2D eigenvalue weighted by Gasteiger charge is 2.13. The summed E-state index contributed by atoms with van der Waals surface area (Å²) < 4.78 is 38.9. The smallest absolute Gasteiger partial charge is 0.182 e. The second-order valence-electron chi connectivity index (χ2n) is 3.41. The first kappa shape index (κ1) is 11.9. The van der Waals surface area contributed by atoms with Crippen LogP contribution in [-0.2, 0) is 0 Å². The molecule has 0 spiro atoms. The van der Waals surface area contributed by atoms with Gasteiger partial charge in [-0.2, -0.15) is 0 Å². The Morgan fingerprint density at radius 3 is 2.27 bits per heavy atom. The van der Waals surface area contributed by atoms with Gasteiger partial charge in [0, 0.05) is 18.2 Å². The van der Waals surface area contributed by atoms with Crippen LogP contribution in [0.5, 0.6) is 0 Å². The Kier molecular flexibility index (Phi) is 4.00. The maximum Gasteiger partial charge on any atom is 0.182 e. The van der Waals surface area contributed by atoms with E-state index in [9.17, 15) is 13.2 Å². The van der Waals surface area contributed by atoms with Gasteiger partial charge in [0.05, 0.1) is 5.69 Å². The highest BCUT2D eigenvalue weighted by molar-refractivity contribution is 5.46. The summed E-state index contributed by atoms with van der Waals surface area (Å²) in [5.41, 5.74) is -0.110. The van der Waals surface area contributed by atoms with E-state index in [1.165, 1.54) is 0 Å². The number of hydrogen-bond acceptors (Lipinski definition) is 1. The number of halogens is 3. The predicted octanol–water partition coefficient (Wildman–Crippen LogP) is 3.70. The van der Waals surface area contributed by atoms with E-state index in [4.69, 9.17) is 0 Å². The Balaban J connectivity index is 2.93. The molecule has 0 atom stereocenters. The van der Waals surface area contributed by atoms with Crippen LogP contribution in [0.1, 0.15) is 26.7 Å². The summed E-state index contributed by atoms with van der Waals surface area (Å²) in [5.74, 6) is -2.96. The van der Waals surface area contributed by atoms with E-state index in [2.05, 4.69) is 5.32 Å². The van der Waals surface area contributed by atoms with Crippen LogP contribution < -0.4 is 5.32 Å². The lowest BCUT2D eigenvalue weighted by Crippen LogP contribution is -2.18. The molecule has 1 aromatic carbocycles. The monoisotopic (exact) mass is 217 g/mol. The zero-order valence-electron chi connectivity index (χ0n) is 8.78. The minimum absolute atomic E-state index is 0.0284. The maximum absolute atomic E-state index is 13.2. The fraction of sp³-hybridized carbons (Fsp3) is 0.455. The number of hydrogen-bond donors (Lipinski definition) is 1. The fourth-order valence-corrected chi connectivity index (χ4v) is 1.37. The van der Waals surface area contributed by atoms with Gasteiger partial charge < -0.3 is 5.32 Å². The highest BCUT2D eigenvalue weighted by Crippen LogP contribution is 2.20. The molecule has 0 saturated heterocycles. The van der Waals surface area contributed by atoms with Crippen LogP contribution in [0.4, 0.5) is 18.9 Å². The van der Waals surface area contributed by atoms with Gasteiger partial charge in [0.2, 0.25) is 0 Å². The Morgan fingerprint density at radius 2 is 1.73 bits per heavy atom. The second-order valence-corrected chi connectivity index (χ2v) is 3.41. The zero-order chi connectivity index (χ0) is 11.4. The average Bonchev–Trinajstić information content (AvgIpc) is 2.21. The zero-order valence-corrected chi connectivity index (χ0v) is 8.78. The lowest BCUT2D eigenvalue weighted by Gasteiger charge is -2.16. The highest BCUT2D eigenvalue weighted by atomic mass is 19.2. The molecule has 1 aromatic rings. The van der Waals surface area contributed by atoms with Gasteiger partial charge in [-0.1, -0.05) is 13.8 Å². The molecule has 0 saturated carbocycles. The predicted molar refractivity (Wildman–Crippen MR) is 54.3 cm³/mol. The Bertz CT molecular complexity index is 335. The molecule has 0 aliphatic heterocycles. The van der Waals surface area contributed by atoms with Crippen LogP contribution in [0.3, 0.4) is 0 Å². The van der Waals surface area contributed by atoms with Crippen LogP contribution in [-0.4, -0.2) is 6.04 Å². The molecule has 15 heavy (non-hydrogen) atoms. The van der Waals surface area contributed by atoms with Crippen molar-refractivity contribution in [1.29, 1.82) is 0 Å². The van der Waals surface area contributed by atoms with E-state index in [1.54, 1.807) is 0 Å². The quantitative estimate of drug-likeness (QED) is 0.758. The van der Waals surface area contributed by atoms with Crippen molar-refractivity contribution >= 4 is 5.69 Å². The van der Waals surface area contributed by atoms with Gasteiger partial charge in [0.25, 0.3) is 0 Å². The van der Waals surface area contributed by atoms with Crippen molar-refractivity contribution in [3.8, 4) is 0 Å². The first-order valence-electron chi connectivity index (χ1n) is 4.99. The molecule has 0 amide bonds. The third-order valence-electron chi connectivity index (χ3n) is 2.34. The summed E-state index contributed by atoms with van der Waals surface area (Å²) in [4.78, 5) is 0. The summed E-state index contributed by atoms with van der Waals surface area (Å²) >= 11 is 0. The van der Waals surface area contributed by atoms with Gasteiger partial charge in [0.1, 0.15) is 5.82 Å². The Labute approximate surface area is 87.3 Å². The third kappa shape index (κ3) is 2.88. The molecule has 1 rings (SSSR count). The minimum atomic E-state index is -1.16. The van der Waals surface area contributed by atoms with Gasteiger partial charge in [-0.3, -0.25) is 0 Å². The van der Waals surface area contributed by atoms with Crippen molar-refractivity contribution in [3.63, 3.8) is 0 Å². The lowest BCUT2D eigenvalue weighted by atomic mass is 10.1. The summed E-state index contributed by atoms with van der Waals surface area (Å²) in [5, 5.41) is 2.77. The molecular formula is C11H14F3N. The number of nitrogens with one attached hydrogen (secondary N) is 1. The summed E-state index contributed by atoms with van der Waals surface area (Å²) in [6.45, 7) is 3.85. The Morgan fingerprint density at radius 1 is 1.13 bits per heavy atom. The van der Waals surface area contributed by atoms with E-state index in [1.807, 2.05) is 13.8 Å². The molecule has 4 heteroatoms. The molecule has 84 valence electrons. The van der Waals surface area contributed by atoms with E-state index in [-0.39, 0.29) is 11.7 Å². The molecule has 0 bridgehead atoms. The Hall–Kier alpha value is -1.19. The van der Waals surface area contributed by atoms with E-state index < -0.39 is 17.5 Å². The summed E-state index contributed by atoms with van der Waals surface area (Å²) in [6, 6.07) is 1.53. The molecule has 0 aliphatic carbocycles. The normalized spacial score (nSPS) is 10.8. The number of anilines is 1. The largest absolute Gasteiger partial charge is 0.380 e. The van der Waals surface area contributed by atoms with Crippen molar-refractivity contribution in [1.82, 2.24) is 0 Å². The van der Waals surface area contributed by atoms with Crippen molar-refractivity contribution in [2.24, 2.45) is 0 Å². The molecule has 1 nitrogen and oxygen atoms in total. The van der Waals surface area contributed by atoms with Crippen molar-refractivity contribution in [2.45, 2.75) is 32.7 Å². The summed E-state index contributed by atoms with van der Waals surface area (Å²) in [6.07, 6.45) is 1.54.